The van der Waals surface area contributed by atoms with Gasteiger partial charge in [0.2, 0.25) is 5.91 Å². The maximum absolute atomic E-state index is 13.2. The third kappa shape index (κ3) is 7.77. The minimum Gasteiger partial charge on any atom is -0.457 e. The van der Waals surface area contributed by atoms with Crippen molar-refractivity contribution in [2.45, 2.75) is 18.8 Å². The third-order valence-electron chi connectivity index (χ3n) is 5.71. The maximum Gasteiger partial charge on any atom is 0.254 e. The number of hydrogen-bond acceptors (Lipinski definition) is 5. The van der Waals surface area contributed by atoms with E-state index in [1.54, 1.807) is 36.4 Å². The summed E-state index contributed by atoms with van der Waals surface area (Å²) in [5.74, 6) is 0.504. The SMILES string of the molecule is CO[C@H](C(=O)NC(COCc1ccccc1)C(=O)Nc1ccc(Oc2ccccc2)cc1)c1ccccc1. The Bertz CT molecular complexity index is 1280. The molecule has 0 aliphatic rings. The summed E-state index contributed by atoms with van der Waals surface area (Å²) in [6, 6.07) is 34.2. The number of nitrogens with one attached hydrogen (secondary N) is 2. The lowest BCUT2D eigenvalue weighted by Gasteiger charge is -2.22. The fraction of sp³-hybridized carbons (Fsp3) is 0.161. The summed E-state index contributed by atoms with van der Waals surface area (Å²) < 4.78 is 17.1. The zero-order chi connectivity index (χ0) is 26.6. The molecule has 7 nitrogen and oxygen atoms in total. The lowest BCUT2D eigenvalue weighted by atomic mass is 10.1. The van der Waals surface area contributed by atoms with Gasteiger partial charge < -0.3 is 24.8 Å². The Hall–Kier alpha value is -4.46. The highest BCUT2D eigenvalue weighted by molar-refractivity contribution is 5.98. The van der Waals surface area contributed by atoms with Crippen LogP contribution in [0.15, 0.2) is 115 Å². The Morgan fingerprint density at radius 1 is 0.711 bits per heavy atom. The van der Waals surface area contributed by atoms with Crippen molar-refractivity contribution < 1.29 is 23.8 Å². The first-order valence-corrected chi connectivity index (χ1v) is 12.3. The first kappa shape index (κ1) is 26.6. The summed E-state index contributed by atoms with van der Waals surface area (Å²) in [5.41, 5.74) is 2.21. The second kappa shape index (κ2) is 13.7. The number of carbonyl (C=O) groups excluding carboxylic acids is 2. The van der Waals surface area contributed by atoms with Crippen LogP contribution in [0.25, 0.3) is 0 Å². The van der Waals surface area contributed by atoms with Gasteiger partial charge in [-0.25, -0.2) is 0 Å². The van der Waals surface area contributed by atoms with Crippen molar-refractivity contribution in [1.29, 1.82) is 0 Å². The number of methoxy groups -OCH3 is 1. The van der Waals surface area contributed by atoms with E-state index in [-0.39, 0.29) is 6.61 Å². The van der Waals surface area contributed by atoms with Crippen LogP contribution in [0.3, 0.4) is 0 Å². The molecule has 4 aromatic rings. The van der Waals surface area contributed by atoms with E-state index in [1.165, 1.54) is 7.11 Å². The molecule has 38 heavy (non-hydrogen) atoms. The van der Waals surface area contributed by atoms with Crippen LogP contribution in [0.2, 0.25) is 0 Å². The van der Waals surface area contributed by atoms with Gasteiger partial charge in [-0.2, -0.15) is 0 Å². The van der Waals surface area contributed by atoms with E-state index in [4.69, 9.17) is 14.2 Å². The molecule has 1 unspecified atom stereocenters. The predicted molar refractivity (Wildman–Crippen MR) is 146 cm³/mol. The molecule has 0 heterocycles. The van der Waals surface area contributed by atoms with E-state index in [1.807, 2.05) is 78.9 Å². The molecule has 4 rings (SSSR count). The zero-order valence-corrected chi connectivity index (χ0v) is 21.1. The molecule has 0 fully saturated rings. The number of ether oxygens (including phenoxy) is 3. The molecule has 0 spiro atoms. The van der Waals surface area contributed by atoms with Crippen LogP contribution in [0.4, 0.5) is 5.69 Å². The van der Waals surface area contributed by atoms with Crippen molar-refractivity contribution in [3.8, 4) is 11.5 Å². The highest BCUT2D eigenvalue weighted by Crippen LogP contribution is 2.23. The average Bonchev–Trinajstić information content (AvgIpc) is 2.95. The second-order valence-corrected chi connectivity index (χ2v) is 8.52. The summed E-state index contributed by atoms with van der Waals surface area (Å²) in [6.45, 7) is 0.283. The maximum atomic E-state index is 13.2. The molecule has 0 bridgehead atoms. The standard InChI is InChI=1S/C31H30N2O5/c1-36-29(24-13-7-3-8-14-24)31(35)33-28(22-37-21-23-11-5-2-6-12-23)30(34)32-25-17-19-27(20-18-25)38-26-15-9-4-10-16-26/h2-20,28-29H,21-22H2,1H3,(H,32,34)(H,33,35)/t28?,29-/m0/s1. The molecule has 4 aromatic carbocycles. The fourth-order valence-corrected chi connectivity index (χ4v) is 3.78. The molecule has 2 N–H and O–H groups in total. The molecular formula is C31H30N2O5. The highest BCUT2D eigenvalue weighted by Gasteiger charge is 2.27. The lowest BCUT2D eigenvalue weighted by molar-refractivity contribution is -0.135. The van der Waals surface area contributed by atoms with Gasteiger partial charge in [-0.15, -0.1) is 0 Å². The van der Waals surface area contributed by atoms with Crippen molar-refractivity contribution in [3.63, 3.8) is 0 Å². The molecule has 0 aromatic heterocycles. The summed E-state index contributed by atoms with van der Waals surface area (Å²) in [6.07, 6.45) is -0.866. The van der Waals surface area contributed by atoms with Gasteiger partial charge in [0.25, 0.3) is 5.91 Å². The van der Waals surface area contributed by atoms with E-state index < -0.39 is 24.0 Å². The van der Waals surface area contributed by atoms with Gasteiger partial charge in [0.1, 0.15) is 17.5 Å². The van der Waals surface area contributed by atoms with Gasteiger partial charge in [0, 0.05) is 12.8 Å². The van der Waals surface area contributed by atoms with E-state index in [2.05, 4.69) is 10.6 Å². The van der Waals surface area contributed by atoms with Crippen LogP contribution in [-0.2, 0) is 25.7 Å². The molecule has 2 amide bonds. The number of para-hydroxylation sites is 1. The molecule has 0 saturated carbocycles. The summed E-state index contributed by atoms with van der Waals surface area (Å²) in [4.78, 5) is 26.3. The Balaban J connectivity index is 1.42. The first-order chi connectivity index (χ1) is 18.6. The predicted octanol–water partition coefficient (Wildman–Crippen LogP) is 5.51. The van der Waals surface area contributed by atoms with Crippen LogP contribution in [0.5, 0.6) is 11.5 Å². The second-order valence-electron chi connectivity index (χ2n) is 8.52. The molecule has 0 aliphatic carbocycles. The van der Waals surface area contributed by atoms with Crippen molar-refractivity contribution in [3.05, 3.63) is 126 Å². The minimum atomic E-state index is -0.951. The third-order valence-corrected chi connectivity index (χ3v) is 5.71. The molecular weight excluding hydrogens is 480 g/mol. The number of rotatable bonds is 12. The molecule has 194 valence electrons. The highest BCUT2D eigenvalue weighted by atomic mass is 16.5. The molecule has 2 atom stereocenters. The van der Waals surface area contributed by atoms with Crippen molar-refractivity contribution in [1.82, 2.24) is 5.32 Å². The van der Waals surface area contributed by atoms with Crippen LogP contribution in [0.1, 0.15) is 17.2 Å². The van der Waals surface area contributed by atoms with E-state index in [0.29, 0.717) is 29.4 Å². The van der Waals surface area contributed by atoms with Gasteiger partial charge in [0.05, 0.1) is 13.2 Å². The molecule has 0 saturated heterocycles. The van der Waals surface area contributed by atoms with Gasteiger partial charge in [-0.1, -0.05) is 78.9 Å². The average molecular weight is 511 g/mol. The largest absolute Gasteiger partial charge is 0.457 e. The number of hydrogen-bond donors (Lipinski definition) is 2. The number of benzene rings is 4. The Morgan fingerprint density at radius 2 is 1.29 bits per heavy atom. The quantitative estimate of drug-likeness (QED) is 0.263. The first-order valence-electron chi connectivity index (χ1n) is 12.3. The van der Waals surface area contributed by atoms with Crippen molar-refractivity contribution in [2.75, 3.05) is 19.0 Å². The molecule has 0 aliphatic heterocycles. The molecule has 7 heteroatoms. The van der Waals surface area contributed by atoms with Crippen LogP contribution in [-0.4, -0.2) is 31.6 Å². The normalized spacial score (nSPS) is 12.2. The lowest BCUT2D eigenvalue weighted by Crippen LogP contribution is -2.48. The van der Waals surface area contributed by atoms with Crippen LogP contribution >= 0.6 is 0 Å². The Labute approximate surface area is 222 Å². The van der Waals surface area contributed by atoms with Gasteiger partial charge >= 0.3 is 0 Å². The van der Waals surface area contributed by atoms with E-state index in [0.717, 1.165) is 5.56 Å². The van der Waals surface area contributed by atoms with Crippen molar-refractivity contribution >= 4 is 17.5 Å². The minimum absolute atomic E-state index is 0.0209. The van der Waals surface area contributed by atoms with Crippen LogP contribution < -0.4 is 15.4 Å². The number of carbonyl (C=O) groups is 2. The van der Waals surface area contributed by atoms with Gasteiger partial charge in [-0.3, -0.25) is 9.59 Å². The Morgan fingerprint density at radius 3 is 1.92 bits per heavy atom. The van der Waals surface area contributed by atoms with Crippen molar-refractivity contribution in [2.24, 2.45) is 0 Å². The topological polar surface area (TPSA) is 85.9 Å². The summed E-state index contributed by atoms with van der Waals surface area (Å²) in [7, 11) is 1.46. The summed E-state index contributed by atoms with van der Waals surface area (Å²) >= 11 is 0. The zero-order valence-electron chi connectivity index (χ0n) is 21.1. The van der Waals surface area contributed by atoms with Gasteiger partial charge in [-0.05, 0) is 47.5 Å². The fourth-order valence-electron chi connectivity index (χ4n) is 3.78. The van der Waals surface area contributed by atoms with Crippen LogP contribution in [0, 0.1) is 0 Å². The van der Waals surface area contributed by atoms with Gasteiger partial charge in [0.15, 0.2) is 6.10 Å². The smallest absolute Gasteiger partial charge is 0.254 e. The molecule has 0 radical (unpaired) electrons. The summed E-state index contributed by atoms with van der Waals surface area (Å²) in [5, 5.41) is 5.65. The van der Waals surface area contributed by atoms with E-state index >= 15 is 0 Å². The Kier molecular flexibility index (Phi) is 9.62. The monoisotopic (exact) mass is 510 g/mol. The van der Waals surface area contributed by atoms with E-state index in [9.17, 15) is 9.59 Å². The number of anilines is 1. The number of amides is 2.